The minimum Gasteiger partial charge on any atom is -0.274 e. The van der Waals surface area contributed by atoms with Crippen LogP contribution in [0.5, 0.6) is 0 Å². The maximum absolute atomic E-state index is 13.0. The van der Waals surface area contributed by atoms with E-state index in [1.54, 1.807) is 0 Å². The van der Waals surface area contributed by atoms with E-state index in [0.717, 1.165) is 16.8 Å². The summed E-state index contributed by atoms with van der Waals surface area (Å²) >= 11 is 0. The third kappa shape index (κ3) is 1.76. The van der Waals surface area contributed by atoms with E-state index in [2.05, 4.69) is 26.0 Å². The molecule has 3 nitrogen and oxygen atoms in total. The van der Waals surface area contributed by atoms with Crippen LogP contribution in [0, 0.1) is 37.5 Å². The number of nitrogens with zero attached hydrogens (tertiary/aromatic N) is 1. The lowest BCUT2D eigenvalue weighted by molar-refractivity contribution is -0.122. The van der Waals surface area contributed by atoms with Crippen molar-refractivity contribution in [2.75, 3.05) is 4.90 Å². The van der Waals surface area contributed by atoms with Gasteiger partial charge in [0.2, 0.25) is 11.8 Å². The topological polar surface area (TPSA) is 37.4 Å². The molecule has 1 aromatic carbocycles. The highest BCUT2D eigenvalue weighted by molar-refractivity contribution is 6.23. The molecule has 0 N–H and O–H groups in total. The van der Waals surface area contributed by atoms with Crippen LogP contribution in [-0.2, 0) is 9.59 Å². The summed E-state index contributed by atoms with van der Waals surface area (Å²) in [4.78, 5) is 27.5. The second kappa shape index (κ2) is 4.67. The molecule has 0 radical (unpaired) electrons. The molecule has 4 atom stereocenters. The van der Waals surface area contributed by atoms with E-state index in [1.807, 2.05) is 32.0 Å². The van der Waals surface area contributed by atoms with Crippen LogP contribution < -0.4 is 4.90 Å². The van der Waals surface area contributed by atoms with Crippen molar-refractivity contribution in [3.63, 3.8) is 0 Å². The molecule has 118 valence electrons. The number of anilines is 1. The monoisotopic (exact) mass is 307 g/mol. The highest BCUT2D eigenvalue weighted by Crippen LogP contribution is 2.57. The third-order valence-corrected chi connectivity index (χ3v) is 5.59. The molecule has 23 heavy (non-hydrogen) atoms. The molecule has 2 aliphatic carbocycles. The highest BCUT2D eigenvalue weighted by Gasteiger charge is 2.62. The van der Waals surface area contributed by atoms with Crippen LogP contribution in [-0.4, -0.2) is 11.8 Å². The zero-order valence-electron chi connectivity index (χ0n) is 14.0. The zero-order chi connectivity index (χ0) is 16.5. The Morgan fingerprint density at radius 2 is 1.52 bits per heavy atom. The van der Waals surface area contributed by atoms with Gasteiger partial charge in [-0.3, -0.25) is 9.59 Å². The number of carbonyl (C=O) groups is 2. The quantitative estimate of drug-likeness (QED) is 0.587. The summed E-state index contributed by atoms with van der Waals surface area (Å²) in [5.41, 5.74) is 5.41. The van der Waals surface area contributed by atoms with Crippen LogP contribution in [0.4, 0.5) is 5.69 Å². The number of aryl methyl sites for hydroxylation is 2. The standard InChI is InChI=1S/C20H21NO2/c1-10(2)16-13-6-7-14(16)18-17(13)19(22)21(20(18)23)15-8-5-11(3)9-12(15)4/h5-9,13-14,17-18H,1-4H3/t13-,14-,17+,18+/m1/s1. The summed E-state index contributed by atoms with van der Waals surface area (Å²) < 4.78 is 0. The molecule has 1 saturated heterocycles. The minimum absolute atomic E-state index is 0.0254. The Hall–Kier alpha value is -2.16. The van der Waals surface area contributed by atoms with E-state index >= 15 is 0 Å². The van der Waals surface area contributed by atoms with Gasteiger partial charge in [0.05, 0.1) is 17.5 Å². The number of imide groups is 1. The summed E-state index contributed by atoms with van der Waals surface area (Å²) in [6, 6.07) is 5.89. The van der Waals surface area contributed by atoms with Gasteiger partial charge in [0.15, 0.2) is 0 Å². The van der Waals surface area contributed by atoms with Crippen molar-refractivity contribution < 1.29 is 9.59 Å². The number of fused-ring (bicyclic) bond motifs is 5. The second-order valence-electron chi connectivity index (χ2n) is 7.25. The van der Waals surface area contributed by atoms with Gasteiger partial charge < -0.3 is 0 Å². The second-order valence-corrected chi connectivity index (χ2v) is 7.25. The summed E-state index contributed by atoms with van der Waals surface area (Å²) in [6.07, 6.45) is 4.26. The van der Waals surface area contributed by atoms with Crippen molar-refractivity contribution in [3.8, 4) is 0 Å². The van der Waals surface area contributed by atoms with E-state index in [9.17, 15) is 9.59 Å². The normalized spacial score (nSPS) is 31.3. The average molecular weight is 307 g/mol. The molecule has 2 bridgehead atoms. The molecule has 0 unspecified atom stereocenters. The van der Waals surface area contributed by atoms with Crippen LogP contribution >= 0.6 is 0 Å². The van der Waals surface area contributed by atoms with Crippen LogP contribution in [0.3, 0.4) is 0 Å². The predicted molar refractivity (Wildman–Crippen MR) is 89.9 cm³/mol. The first-order chi connectivity index (χ1) is 10.9. The zero-order valence-corrected chi connectivity index (χ0v) is 14.0. The molecule has 2 amide bonds. The molecular formula is C20H21NO2. The number of rotatable bonds is 1. The Morgan fingerprint density at radius 3 is 2.00 bits per heavy atom. The Labute approximate surface area is 136 Å². The molecular weight excluding hydrogens is 286 g/mol. The molecule has 1 aromatic rings. The summed E-state index contributed by atoms with van der Waals surface area (Å²) in [5, 5.41) is 0. The lowest BCUT2D eigenvalue weighted by atomic mass is 9.85. The Morgan fingerprint density at radius 1 is 0.957 bits per heavy atom. The number of hydrogen-bond acceptors (Lipinski definition) is 2. The summed E-state index contributed by atoms with van der Waals surface area (Å²) in [7, 11) is 0. The van der Waals surface area contributed by atoms with Gasteiger partial charge in [-0.05, 0) is 39.3 Å². The van der Waals surface area contributed by atoms with Gasteiger partial charge >= 0.3 is 0 Å². The van der Waals surface area contributed by atoms with Crippen molar-refractivity contribution >= 4 is 17.5 Å². The number of amides is 2. The van der Waals surface area contributed by atoms with Crippen LogP contribution in [0.1, 0.15) is 25.0 Å². The van der Waals surface area contributed by atoms with Crippen molar-refractivity contribution in [1.82, 2.24) is 0 Å². The highest BCUT2D eigenvalue weighted by atomic mass is 16.2. The van der Waals surface area contributed by atoms with Gasteiger partial charge in [-0.25, -0.2) is 4.90 Å². The number of benzene rings is 1. The smallest absolute Gasteiger partial charge is 0.238 e. The fourth-order valence-electron chi connectivity index (χ4n) is 4.72. The molecule has 0 aromatic heterocycles. The first-order valence-electron chi connectivity index (χ1n) is 8.22. The van der Waals surface area contributed by atoms with E-state index in [1.165, 1.54) is 16.0 Å². The van der Waals surface area contributed by atoms with Gasteiger partial charge in [-0.2, -0.15) is 0 Å². The molecule has 3 heteroatoms. The molecule has 2 fully saturated rings. The molecule has 1 saturated carbocycles. The van der Waals surface area contributed by atoms with Gasteiger partial charge in [-0.15, -0.1) is 0 Å². The molecule has 3 aliphatic rings. The number of carbonyl (C=O) groups excluding carboxylic acids is 2. The SMILES string of the molecule is CC(C)=C1[C@H]2C=C[C@H]1[C@@H]1C(=O)N(c3ccc(C)cc3C)C(=O)[C@H]12. The van der Waals surface area contributed by atoms with E-state index in [0.29, 0.717) is 0 Å². The summed E-state index contributed by atoms with van der Waals surface area (Å²) in [6.45, 7) is 8.15. The number of hydrogen-bond donors (Lipinski definition) is 0. The average Bonchev–Trinajstić information content (AvgIpc) is 3.11. The van der Waals surface area contributed by atoms with Crippen molar-refractivity contribution in [3.05, 3.63) is 52.6 Å². The van der Waals surface area contributed by atoms with Crippen molar-refractivity contribution in [2.24, 2.45) is 23.7 Å². The van der Waals surface area contributed by atoms with Crippen molar-refractivity contribution in [1.29, 1.82) is 0 Å². The van der Waals surface area contributed by atoms with E-state index in [4.69, 9.17) is 0 Å². The largest absolute Gasteiger partial charge is 0.274 e. The molecule has 1 aliphatic heterocycles. The Kier molecular flexibility index (Phi) is 2.93. The lowest BCUT2D eigenvalue weighted by Gasteiger charge is -2.21. The summed E-state index contributed by atoms with van der Waals surface area (Å²) in [5.74, 6) is -0.235. The fraction of sp³-hybridized carbons (Fsp3) is 0.400. The molecule has 0 spiro atoms. The lowest BCUT2D eigenvalue weighted by Crippen LogP contribution is -2.33. The van der Waals surface area contributed by atoms with E-state index < -0.39 is 0 Å². The van der Waals surface area contributed by atoms with E-state index in [-0.39, 0.29) is 35.5 Å². The van der Waals surface area contributed by atoms with Gasteiger partial charge in [0.25, 0.3) is 0 Å². The molecule has 1 heterocycles. The minimum atomic E-state index is -0.205. The van der Waals surface area contributed by atoms with Crippen molar-refractivity contribution in [2.45, 2.75) is 27.7 Å². The third-order valence-electron chi connectivity index (χ3n) is 5.59. The maximum atomic E-state index is 13.0. The first-order valence-corrected chi connectivity index (χ1v) is 8.22. The van der Waals surface area contributed by atoms with Crippen LogP contribution in [0.15, 0.2) is 41.5 Å². The first kappa shape index (κ1) is 14.4. The van der Waals surface area contributed by atoms with Crippen LogP contribution in [0.2, 0.25) is 0 Å². The van der Waals surface area contributed by atoms with Crippen LogP contribution in [0.25, 0.3) is 0 Å². The Bertz CT molecular complexity index is 764. The fourth-order valence-corrected chi connectivity index (χ4v) is 4.72. The Balaban J connectivity index is 1.79. The molecule has 4 rings (SSSR count). The van der Waals surface area contributed by atoms with Gasteiger partial charge in [0, 0.05) is 11.8 Å². The predicted octanol–water partition coefficient (Wildman–Crippen LogP) is 3.56. The van der Waals surface area contributed by atoms with Gasteiger partial charge in [0.1, 0.15) is 0 Å². The maximum Gasteiger partial charge on any atom is 0.238 e. The number of allylic oxidation sites excluding steroid dienone is 4. The van der Waals surface area contributed by atoms with Gasteiger partial charge in [-0.1, -0.05) is 41.0 Å².